The number of rotatable bonds is 6. The van der Waals surface area contributed by atoms with E-state index < -0.39 is 10.0 Å². The highest BCUT2D eigenvalue weighted by Gasteiger charge is 2.27. The molecule has 0 unspecified atom stereocenters. The van der Waals surface area contributed by atoms with Crippen molar-refractivity contribution in [2.24, 2.45) is 0 Å². The van der Waals surface area contributed by atoms with E-state index in [-0.39, 0.29) is 5.91 Å². The average molecular weight is 353 g/mol. The quantitative estimate of drug-likeness (QED) is 0.791. The molecule has 1 aliphatic rings. The van der Waals surface area contributed by atoms with Gasteiger partial charge in [0.05, 0.1) is 4.90 Å². The van der Waals surface area contributed by atoms with Gasteiger partial charge in [0.1, 0.15) is 0 Å². The number of hydrogen-bond acceptors (Lipinski definition) is 3. The second-order valence-electron chi connectivity index (χ2n) is 6.24. The summed E-state index contributed by atoms with van der Waals surface area (Å²) < 4.78 is 27.2. The van der Waals surface area contributed by atoms with Crippen LogP contribution in [0, 0.1) is 0 Å². The molecule has 0 aromatic heterocycles. The lowest BCUT2D eigenvalue weighted by Crippen LogP contribution is -2.37. The smallest absolute Gasteiger partial charge is 0.243 e. The molecule has 0 N–H and O–H groups in total. The van der Waals surface area contributed by atoms with Crippen LogP contribution in [0.1, 0.15) is 45.1 Å². The molecule has 134 valence electrons. The molecule has 5 nitrogen and oxygen atoms in total. The number of benzene rings is 1. The van der Waals surface area contributed by atoms with E-state index in [1.165, 1.54) is 9.87 Å². The van der Waals surface area contributed by atoms with Crippen LogP contribution in [0.3, 0.4) is 0 Å². The molecule has 0 saturated carbocycles. The minimum atomic E-state index is -3.48. The second-order valence-corrected chi connectivity index (χ2v) is 8.18. The van der Waals surface area contributed by atoms with Crippen molar-refractivity contribution < 1.29 is 13.2 Å². The molecule has 0 bridgehead atoms. The van der Waals surface area contributed by atoms with Crippen molar-refractivity contribution in [3.05, 3.63) is 29.8 Å². The number of aryl methyl sites for hydroxylation is 1. The molecular formula is C18H28N2O3S. The van der Waals surface area contributed by atoms with Gasteiger partial charge in [0.25, 0.3) is 0 Å². The SMILES string of the molecule is CCCCc1ccc(S(=O)(=O)N2CCCN(C(=O)CC)CC2)cc1. The molecule has 1 amide bonds. The van der Waals surface area contributed by atoms with Crippen LogP contribution in [0.25, 0.3) is 0 Å². The van der Waals surface area contributed by atoms with Crippen molar-refractivity contribution in [3.63, 3.8) is 0 Å². The first kappa shape index (κ1) is 18.9. The van der Waals surface area contributed by atoms with Crippen LogP contribution in [0.4, 0.5) is 0 Å². The number of carbonyl (C=O) groups is 1. The molecule has 2 rings (SSSR count). The fraction of sp³-hybridized carbons (Fsp3) is 0.611. The summed E-state index contributed by atoms with van der Waals surface area (Å²) in [7, 11) is -3.48. The fourth-order valence-corrected chi connectivity index (χ4v) is 4.43. The van der Waals surface area contributed by atoms with Gasteiger partial charge in [0, 0.05) is 32.6 Å². The Balaban J connectivity index is 2.08. The van der Waals surface area contributed by atoms with E-state index in [1.807, 2.05) is 19.1 Å². The van der Waals surface area contributed by atoms with Crippen LogP contribution in [0.2, 0.25) is 0 Å². The van der Waals surface area contributed by atoms with Crippen molar-refractivity contribution in [2.75, 3.05) is 26.2 Å². The molecule has 24 heavy (non-hydrogen) atoms. The van der Waals surface area contributed by atoms with Crippen LogP contribution >= 0.6 is 0 Å². The summed E-state index contributed by atoms with van der Waals surface area (Å²) in [6.07, 6.45) is 4.36. The van der Waals surface area contributed by atoms with Gasteiger partial charge in [-0.15, -0.1) is 0 Å². The highest BCUT2D eigenvalue weighted by molar-refractivity contribution is 7.89. The molecule has 0 aliphatic carbocycles. The predicted octanol–water partition coefficient (Wildman–Crippen LogP) is 2.66. The first-order valence-electron chi connectivity index (χ1n) is 8.86. The van der Waals surface area contributed by atoms with Gasteiger partial charge in [0.2, 0.25) is 15.9 Å². The lowest BCUT2D eigenvalue weighted by atomic mass is 10.1. The highest BCUT2D eigenvalue weighted by atomic mass is 32.2. The third kappa shape index (κ3) is 4.57. The molecule has 1 aromatic rings. The Morgan fingerprint density at radius 3 is 2.38 bits per heavy atom. The Hall–Kier alpha value is -1.40. The second kappa shape index (κ2) is 8.62. The zero-order chi connectivity index (χ0) is 17.6. The maximum absolute atomic E-state index is 12.8. The fourth-order valence-electron chi connectivity index (χ4n) is 2.97. The van der Waals surface area contributed by atoms with Gasteiger partial charge >= 0.3 is 0 Å². The van der Waals surface area contributed by atoms with Gasteiger partial charge in [-0.2, -0.15) is 4.31 Å². The number of nitrogens with zero attached hydrogens (tertiary/aromatic N) is 2. The zero-order valence-electron chi connectivity index (χ0n) is 14.7. The lowest BCUT2D eigenvalue weighted by molar-refractivity contribution is -0.130. The van der Waals surface area contributed by atoms with E-state index in [1.54, 1.807) is 17.0 Å². The van der Waals surface area contributed by atoms with Gasteiger partial charge in [0.15, 0.2) is 0 Å². The van der Waals surface area contributed by atoms with Gasteiger partial charge in [-0.05, 0) is 37.0 Å². The van der Waals surface area contributed by atoms with E-state index in [0.717, 1.165) is 19.3 Å². The third-order valence-electron chi connectivity index (χ3n) is 4.49. The normalized spacial score (nSPS) is 16.8. The number of carbonyl (C=O) groups excluding carboxylic acids is 1. The summed E-state index contributed by atoms with van der Waals surface area (Å²) in [6.45, 7) is 5.92. The van der Waals surface area contributed by atoms with Gasteiger partial charge in [-0.25, -0.2) is 8.42 Å². The van der Waals surface area contributed by atoms with E-state index >= 15 is 0 Å². The van der Waals surface area contributed by atoms with Crippen LogP contribution in [-0.2, 0) is 21.2 Å². The summed E-state index contributed by atoms with van der Waals surface area (Å²) in [4.78, 5) is 13.9. The standard InChI is InChI=1S/C18H28N2O3S/c1-3-5-7-16-8-10-17(11-9-16)24(22,23)20-13-6-12-19(14-15-20)18(21)4-2/h8-11H,3-7,12-15H2,1-2H3. The van der Waals surface area contributed by atoms with E-state index in [2.05, 4.69) is 6.92 Å². The van der Waals surface area contributed by atoms with Crippen molar-refractivity contribution in [2.45, 2.75) is 50.8 Å². The predicted molar refractivity (Wildman–Crippen MR) is 95.3 cm³/mol. The summed E-state index contributed by atoms with van der Waals surface area (Å²) in [5, 5.41) is 0. The van der Waals surface area contributed by atoms with Crippen LogP contribution in [0.5, 0.6) is 0 Å². The summed E-state index contributed by atoms with van der Waals surface area (Å²) in [6, 6.07) is 7.24. The Morgan fingerprint density at radius 2 is 1.75 bits per heavy atom. The first-order chi connectivity index (χ1) is 11.5. The minimum absolute atomic E-state index is 0.0922. The van der Waals surface area contributed by atoms with Crippen LogP contribution < -0.4 is 0 Å². The minimum Gasteiger partial charge on any atom is -0.341 e. The third-order valence-corrected chi connectivity index (χ3v) is 6.40. The van der Waals surface area contributed by atoms with Crippen LogP contribution in [-0.4, -0.2) is 49.7 Å². The maximum atomic E-state index is 12.8. The number of sulfonamides is 1. The number of unbranched alkanes of at least 4 members (excludes halogenated alkanes) is 1. The highest BCUT2D eigenvalue weighted by Crippen LogP contribution is 2.19. The van der Waals surface area contributed by atoms with Crippen molar-refractivity contribution >= 4 is 15.9 Å². The van der Waals surface area contributed by atoms with Gasteiger partial charge in [-0.3, -0.25) is 4.79 Å². The summed E-state index contributed by atoms with van der Waals surface area (Å²) in [5.74, 6) is 0.0922. The van der Waals surface area contributed by atoms with Crippen LogP contribution in [0.15, 0.2) is 29.2 Å². The van der Waals surface area contributed by atoms with Gasteiger partial charge < -0.3 is 4.90 Å². The Bertz CT molecular complexity index is 641. The van der Waals surface area contributed by atoms with Crippen molar-refractivity contribution in [1.82, 2.24) is 9.21 Å². The lowest BCUT2D eigenvalue weighted by Gasteiger charge is -2.21. The maximum Gasteiger partial charge on any atom is 0.243 e. The topological polar surface area (TPSA) is 57.7 Å². The van der Waals surface area contributed by atoms with E-state index in [4.69, 9.17) is 0 Å². The monoisotopic (exact) mass is 352 g/mol. The molecule has 0 radical (unpaired) electrons. The number of hydrogen-bond donors (Lipinski definition) is 0. The number of amides is 1. The van der Waals surface area contributed by atoms with Gasteiger partial charge in [-0.1, -0.05) is 32.4 Å². The van der Waals surface area contributed by atoms with Crippen molar-refractivity contribution in [3.8, 4) is 0 Å². The molecule has 0 spiro atoms. The van der Waals surface area contributed by atoms with Crippen molar-refractivity contribution in [1.29, 1.82) is 0 Å². The molecule has 6 heteroatoms. The largest absolute Gasteiger partial charge is 0.341 e. The summed E-state index contributed by atoms with van der Waals surface area (Å²) in [5.41, 5.74) is 1.17. The molecule has 0 atom stereocenters. The molecule has 1 aliphatic heterocycles. The molecule has 1 fully saturated rings. The zero-order valence-corrected chi connectivity index (χ0v) is 15.5. The molecular weight excluding hydrogens is 324 g/mol. The Kier molecular flexibility index (Phi) is 6.80. The molecule has 1 aromatic carbocycles. The first-order valence-corrected chi connectivity index (χ1v) is 10.3. The van der Waals surface area contributed by atoms with E-state index in [0.29, 0.717) is 43.9 Å². The Labute approximate surface area is 145 Å². The van der Waals surface area contributed by atoms with E-state index in [9.17, 15) is 13.2 Å². The summed E-state index contributed by atoms with van der Waals surface area (Å²) >= 11 is 0. The molecule has 1 saturated heterocycles. The molecule has 1 heterocycles. The Morgan fingerprint density at radius 1 is 1.04 bits per heavy atom. The average Bonchev–Trinajstić information content (AvgIpc) is 2.86.